The number of nitrogens with zero attached hydrogens (tertiary/aromatic N) is 1. The van der Waals surface area contributed by atoms with Crippen LogP contribution in [0.25, 0.3) is 0 Å². The van der Waals surface area contributed by atoms with Crippen molar-refractivity contribution in [1.82, 2.24) is 10.3 Å². The Kier molecular flexibility index (Phi) is 2.15. The van der Waals surface area contributed by atoms with Crippen LogP contribution in [0.1, 0.15) is 24.8 Å². The third-order valence-electron chi connectivity index (χ3n) is 2.48. The summed E-state index contributed by atoms with van der Waals surface area (Å²) in [6.07, 6.45) is 5.57. The molecule has 2 rings (SSSR count). The minimum atomic E-state index is 0.317. The van der Waals surface area contributed by atoms with E-state index in [0.29, 0.717) is 5.54 Å². The number of rotatable bonds is 2. The van der Waals surface area contributed by atoms with E-state index < -0.39 is 0 Å². The zero-order valence-corrected chi connectivity index (χ0v) is 8.16. The molecule has 1 atom stereocenters. The van der Waals surface area contributed by atoms with Gasteiger partial charge in [-0.2, -0.15) is 0 Å². The zero-order chi connectivity index (χ0) is 8.44. The molecule has 0 saturated carbocycles. The number of hydrogen-bond donors (Lipinski definition) is 1. The second kappa shape index (κ2) is 3.15. The standard InChI is InChI=1S/C9H14N2S/c1-9(3-2-4-11-9)7-8-10-5-6-12-8/h5-6,11H,2-4,7H2,1H3. The van der Waals surface area contributed by atoms with Gasteiger partial charge in [-0.1, -0.05) is 0 Å². The normalized spacial score (nSPS) is 29.4. The van der Waals surface area contributed by atoms with Gasteiger partial charge >= 0.3 is 0 Å². The fraction of sp³-hybridized carbons (Fsp3) is 0.667. The van der Waals surface area contributed by atoms with Gasteiger partial charge in [0.05, 0.1) is 5.01 Å². The molecule has 1 saturated heterocycles. The van der Waals surface area contributed by atoms with E-state index in [0.717, 1.165) is 6.42 Å². The van der Waals surface area contributed by atoms with E-state index >= 15 is 0 Å². The average Bonchev–Trinajstić information content (AvgIpc) is 2.62. The van der Waals surface area contributed by atoms with E-state index in [-0.39, 0.29) is 0 Å². The topological polar surface area (TPSA) is 24.9 Å². The molecule has 1 fully saturated rings. The molecule has 1 aromatic rings. The van der Waals surface area contributed by atoms with E-state index in [1.807, 2.05) is 11.6 Å². The van der Waals surface area contributed by atoms with Crippen LogP contribution < -0.4 is 5.32 Å². The third kappa shape index (κ3) is 1.67. The average molecular weight is 182 g/mol. The van der Waals surface area contributed by atoms with Crippen molar-refractivity contribution >= 4 is 11.3 Å². The molecule has 2 heterocycles. The van der Waals surface area contributed by atoms with Gasteiger partial charge in [-0.05, 0) is 26.3 Å². The van der Waals surface area contributed by atoms with Crippen molar-refractivity contribution in [2.24, 2.45) is 0 Å². The third-order valence-corrected chi connectivity index (χ3v) is 3.26. The molecule has 0 aliphatic carbocycles. The van der Waals surface area contributed by atoms with Gasteiger partial charge in [-0.3, -0.25) is 0 Å². The monoisotopic (exact) mass is 182 g/mol. The summed E-state index contributed by atoms with van der Waals surface area (Å²) in [6.45, 7) is 3.46. The Morgan fingerprint density at radius 1 is 1.75 bits per heavy atom. The van der Waals surface area contributed by atoms with E-state index in [1.165, 1.54) is 24.4 Å². The first kappa shape index (κ1) is 8.20. The summed E-state index contributed by atoms with van der Waals surface area (Å²) in [5.41, 5.74) is 0.317. The highest BCUT2D eigenvalue weighted by atomic mass is 32.1. The number of aromatic nitrogens is 1. The lowest BCUT2D eigenvalue weighted by Crippen LogP contribution is -2.38. The summed E-state index contributed by atoms with van der Waals surface area (Å²) in [4.78, 5) is 4.30. The Balaban J connectivity index is 2.02. The van der Waals surface area contributed by atoms with Crippen molar-refractivity contribution in [1.29, 1.82) is 0 Å². The van der Waals surface area contributed by atoms with Crippen molar-refractivity contribution < 1.29 is 0 Å². The molecule has 12 heavy (non-hydrogen) atoms. The summed E-state index contributed by atoms with van der Waals surface area (Å²) < 4.78 is 0. The summed E-state index contributed by atoms with van der Waals surface area (Å²) in [5, 5.41) is 6.84. The summed E-state index contributed by atoms with van der Waals surface area (Å²) in [6, 6.07) is 0. The van der Waals surface area contributed by atoms with Crippen LogP contribution >= 0.6 is 11.3 Å². The van der Waals surface area contributed by atoms with E-state index in [4.69, 9.17) is 0 Å². The van der Waals surface area contributed by atoms with Crippen molar-refractivity contribution in [3.8, 4) is 0 Å². The summed E-state index contributed by atoms with van der Waals surface area (Å²) in [7, 11) is 0. The first-order chi connectivity index (χ1) is 5.79. The van der Waals surface area contributed by atoms with Crippen LogP contribution in [0.5, 0.6) is 0 Å². The van der Waals surface area contributed by atoms with Gasteiger partial charge in [-0.25, -0.2) is 4.98 Å². The van der Waals surface area contributed by atoms with Gasteiger partial charge in [0, 0.05) is 23.5 Å². The Morgan fingerprint density at radius 3 is 3.25 bits per heavy atom. The highest BCUT2D eigenvalue weighted by molar-refractivity contribution is 7.09. The molecule has 0 spiro atoms. The van der Waals surface area contributed by atoms with Crippen LogP contribution in [0.2, 0.25) is 0 Å². The SMILES string of the molecule is CC1(Cc2nccs2)CCCN1. The second-order valence-corrected chi connectivity index (χ2v) is 4.67. The van der Waals surface area contributed by atoms with Gasteiger partial charge in [-0.15, -0.1) is 11.3 Å². The molecule has 1 aromatic heterocycles. The van der Waals surface area contributed by atoms with Crippen molar-refractivity contribution in [2.45, 2.75) is 31.7 Å². The van der Waals surface area contributed by atoms with E-state index in [1.54, 1.807) is 11.3 Å². The predicted octanol–water partition coefficient (Wildman–Crippen LogP) is 1.83. The first-order valence-corrected chi connectivity index (χ1v) is 5.30. The maximum atomic E-state index is 4.30. The van der Waals surface area contributed by atoms with Crippen LogP contribution in [0.15, 0.2) is 11.6 Å². The van der Waals surface area contributed by atoms with Crippen LogP contribution in [0.4, 0.5) is 0 Å². The Morgan fingerprint density at radius 2 is 2.67 bits per heavy atom. The van der Waals surface area contributed by atoms with Gasteiger partial charge in [0.2, 0.25) is 0 Å². The van der Waals surface area contributed by atoms with Crippen LogP contribution in [0, 0.1) is 0 Å². The Bertz CT molecular complexity index is 237. The highest BCUT2D eigenvalue weighted by Gasteiger charge is 2.28. The lowest BCUT2D eigenvalue weighted by Gasteiger charge is -2.22. The van der Waals surface area contributed by atoms with Gasteiger partial charge < -0.3 is 5.32 Å². The Hall–Kier alpha value is -0.410. The van der Waals surface area contributed by atoms with Crippen molar-refractivity contribution in [3.63, 3.8) is 0 Å². The number of thiazole rings is 1. The molecule has 1 unspecified atom stereocenters. The molecule has 1 N–H and O–H groups in total. The molecule has 66 valence electrons. The summed E-state index contributed by atoms with van der Waals surface area (Å²) >= 11 is 1.76. The van der Waals surface area contributed by atoms with Crippen LogP contribution in [-0.2, 0) is 6.42 Å². The maximum Gasteiger partial charge on any atom is 0.0943 e. The number of hydrogen-bond acceptors (Lipinski definition) is 3. The zero-order valence-electron chi connectivity index (χ0n) is 7.34. The maximum absolute atomic E-state index is 4.30. The second-order valence-electron chi connectivity index (χ2n) is 3.69. The smallest absolute Gasteiger partial charge is 0.0943 e. The molecule has 0 amide bonds. The molecule has 0 aromatic carbocycles. The molecule has 2 nitrogen and oxygen atoms in total. The molecular formula is C9H14N2S. The number of nitrogens with one attached hydrogen (secondary N) is 1. The fourth-order valence-corrected chi connectivity index (χ4v) is 2.58. The van der Waals surface area contributed by atoms with Crippen molar-refractivity contribution in [2.75, 3.05) is 6.54 Å². The van der Waals surface area contributed by atoms with Crippen LogP contribution in [-0.4, -0.2) is 17.1 Å². The molecule has 3 heteroatoms. The molecular weight excluding hydrogens is 168 g/mol. The quantitative estimate of drug-likeness (QED) is 0.754. The highest BCUT2D eigenvalue weighted by Crippen LogP contribution is 2.23. The Labute approximate surface area is 77.0 Å². The lowest BCUT2D eigenvalue weighted by molar-refractivity contribution is 0.412. The van der Waals surface area contributed by atoms with E-state index in [2.05, 4.69) is 17.2 Å². The fourth-order valence-electron chi connectivity index (χ4n) is 1.78. The molecule has 1 aliphatic heterocycles. The summed E-state index contributed by atoms with van der Waals surface area (Å²) in [5.74, 6) is 0. The van der Waals surface area contributed by atoms with E-state index in [9.17, 15) is 0 Å². The van der Waals surface area contributed by atoms with Gasteiger partial charge in [0.25, 0.3) is 0 Å². The van der Waals surface area contributed by atoms with Crippen molar-refractivity contribution in [3.05, 3.63) is 16.6 Å². The van der Waals surface area contributed by atoms with Gasteiger partial charge in [0.1, 0.15) is 0 Å². The lowest BCUT2D eigenvalue weighted by atomic mass is 9.97. The molecule has 0 bridgehead atoms. The van der Waals surface area contributed by atoms with Crippen LogP contribution in [0.3, 0.4) is 0 Å². The predicted molar refractivity (Wildman–Crippen MR) is 51.5 cm³/mol. The minimum Gasteiger partial charge on any atom is -0.311 e. The molecule has 0 radical (unpaired) electrons. The molecule has 1 aliphatic rings. The largest absolute Gasteiger partial charge is 0.311 e. The first-order valence-electron chi connectivity index (χ1n) is 4.42. The minimum absolute atomic E-state index is 0.317. The van der Waals surface area contributed by atoms with Gasteiger partial charge in [0.15, 0.2) is 0 Å².